The fourth-order valence-corrected chi connectivity index (χ4v) is 3.10. The molecule has 6 nitrogen and oxygen atoms in total. The van der Waals surface area contributed by atoms with Crippen molar-refractivity contribution in [2.24, 2.45) is 7.05 Å². The summed E-state index contributed by atoms with van der Waals surface area (Å²) in [6, 6.07) is 20.0. The molecule has 0 aliphatic rings. The third-order valence-electron chi connectivity index (χ3n) is 4.58. The second-order valence-electron chi connectivity index (χ2n) is 6.69. The lowest BCUT2D eigenvalue weighted by atomic mass is 10.1. The van der Waals surface area contributed by atoms with Crippen LogP contribution in [0.15, 0.2) is 77.6 Å². The summed E-state index contributed by atoms with van der Waals surface area (Å²) in [6.45, 7) is -0.183. The molecule has 0 bridgehead atoms. The Morgan fingerprint density at radius 1 is 1.00 bits per heavy atom. The number of carbonyl (C=O) groups excluding carboxylic acids is 1. The molecule has 4 aromatic rings. The first-order valence-corrected chi connectivity index (χ1v) is 9.26. The molecule has 1 heterocycles. The molecule has 1 N–H and O–H groups in total. The summed E-state index contributed by atoms with van der Waals surface area (Å²) in [5.74, 6) is -0.205. The predicted octanol–water partition coefficient (Wildman–Crippen LogP) is 3.76. The molecule has 0 atom stereocenters. The number of rotatable bonds is 5. The van der Waals surface area contributed by atoms with Crippen LogP contribution in [0.5, 0.6) is 5.75 Å². The quantitative estimate of drug-likeness (QED) is 0.551. The molecule has 0 saturated heterocycles. The lowest BCUT2D eigenvalue weighted by Crippen LogP contribution is -2.20. The van der Waals surface area contributed by atoms with Gasteiger partial charge in [0.25, 0.3) is 11.5 Å². The lowest BCUT2D eigenvalue weighted by Gasteiger charge is -2.10. The summed E-state index contributed by atoms with van der Waals surface area (Å²) < 4.78 is 19.8. The van der Waals surface area contributed by atoms with E-state index in [0.29, 0.717) is 22.5 Å². The van der Waals surface area contributed by atoms with Crippen LogP contribution in [0.3, 0.4) is 0 Å². The van der Waals surface area contributed by atoms with Gasteiger partial charge in [-0.2, -0.15) is 5.10 Å². The molecule has 150 valence electrons. The van der Waals surface area contributed by atoms with E-state index < -0.39 is 0 Å². The standard InChI is InChI=1S/C23H18FN3O3/c1-27-23(29)20-5-3-2-4-19(20)22(26-27)15-6-12-18(13-7-15)30-14-21(28)25-17-10-8-16(24)9-11-17/h2-13H,14H2,1H3,(H,25,28). The summed E-state index contributed by atoms with van der Waals surface area (Å²) in [5.41, 5.74) is 1.85. The maximum atomic E-state index is 12.9. The maximum Gasteiger partial charge on any atom is 0.274 e. The van der Waals surface area contributed by atoms with Crippen LogP contribution in [-0.4, -0.2) is 22.3 Å². The Morgan fingerprint density at radius 2 is 1.67 bits per heavy atom. The van der Waals surface area contributed by atoms with Crippen LogP contribution in [0.25, 0.3) is 22.0 Å². The molecule has 0 saturated carbocycles. The Morgan fingerprint density at radius 3 is 2.37 bits per heavy atom. The molecule has 0 aliphatic carbocycles. The van der Waals surface area contributed by atoms with Gasteiger partial charge in [-0.3, -0.25) is 9.59 Å². The summed E-state index contributed by atoms with van der Waals surface area (Å²) in [6.07, 6.45) is 0. The van der Waals surface area contributed by atoms with Crippen molar-refractivity contribution in [3.8, 4) is 17.0 Å². The number of anilines is 1. The SMILES string of the molecule is Cn1nc(-c2ccc(OCC(=O)Nc3ccc(F)cc3)cc2)c2ccccc2c1=O. The van der Waals surface area contributed by atoms with Crippen LogP contribution in [0.2, 0.25) is 0 Å². The van der Waals surface area contributed by atoms with E-state index >= 15 is 0 Å². The molecule has 3 aromatic carbocycles. The van der Waals surface area contributed by atoms with E-state index in [9.17, 15) is 14.0 Å². The first-order chi connectivity index (χ1) is 14.5. The highest BCUT2D eigenvalue weighted by Gasteiger charge is 2.11. The molecule has 1 amide bonds. The predicted molar refractivity (Wildman–Crippen MR) is 113 cm³/mol. The summed E-state index contributed by atoms with van der Waals surface area (Å²) in [7, 11) is 1.62. The molecule has 0 spiro atoms. The zero-order valence-electron chi connectivity index (χ0n) is 16.1. The fourth-order valence-electron chi connectivity index (χ4n) is 3.10. The number of nitrogens with one attached hydrogen (secondary N) is 1. The normalized spacial score (nSPS) is 10.7. The van der Waals surface area contributed by atoms with Gasteiger partial charge in [0.15, 0.2) is 6.61 Å². The smallest absolute Gasteiger partial charge is 0.274 e. The van der Waals surface area contributed by atoms with Crippen molar-refractivity contribution in [2.75, 3.05) is 11.9 Å². The molecule has 30 heavy (non-hydrogen) atoms. The third-order valence-corrected chi connectivity index (χ3v) is 4.58. The lowest BCUT2D eigenvalue weighted by molar-refractivity contribution is -0.118. The van der Waals surface area contributed by atoms with Gasteiger partial charge in [0.05, 0.1) is 11.1 Å². The summed E-state index contributed by atoms with van der Waals surface area (Å²) in [5, 5.41) is 8.41. The molecular weight excluding hydrogens is 385 g/mol. The number of benzene rings is 3. The number of fused-ring (bicyclic) bond motifs is 1. The van der Waals surface area contributed by atoms with Gasteiger partial charge in [-0.05, 0) is 54.6 Å². The number of ether oxygens (including phenoxy) is 1. The number of aromatic nitrogens is 2. The molecule has 7 heteroatoms. The Hall–Kier alpha value is -4.00. The van der Waals surface area contributed by atoms with E-state index in [1.807, 2.05) is 30.3 Å². The van der Waals surface area contributed by atoms with Gasteiger partial charge in [-0.25, -0.2) is 9.07 Å². The second kappa shape index (κ2) is 8.16. The second-order valence-corrected chi connectivity index (χ2v) is 6.69. The van der Waals surface area contributed by atoms with Gasteiger partial charge in [-0.15, -0.1) is 0 Å². The largest absolute Gasteiger partial charge is 0.484 e. The number of carbonyl (C=O) groups is 1. The van der Waals surface area contributed by atoms with Crippen LogP contribution in [-0.2, 0) is 11.8 Å². The Balaban J connectivity index is 1.48. The summed E-state index contributed by atoms with van der Waals surface area (Å²) in [4.78, 5) is 24.3. The highest BCUT2D eigenvalue weighted by Crippen LogP contribution is 2.26. The highest BCUT2D eigenvalue weighted by atomic mass is 19.1. The first-order valence-electron chi connectivity index (χ1n) is 9.26. The first kappa shape index (κ1) is 19.3. The number of hydrogen-bond acceptors (Lipinski definition) is 4. The minimum Gasteiger partial charge on any atom is -0.484 e. The average Bonchev–Trinajstić information content (AvgIpc) is 2.77. The van der Waals surface area contributed by atoms with Crippen LogP contribution < -0.4 is 15.6 Å². The minimum absolute atomic E-state index is 0.151. The number of hydrogen-bond donors (Lipinski definition) is 1. The van der Waals surface area contributed by atoms with E-state index in [-0.39, 0.29) is 23.9 Å². The average molecular weight is 403 g/mol. The van der Waals surface area contributed by atoms with Crippen LogP contribution in [0, 0.1) is 5.82 Å². The molecule has 0 radical (unpaired) electrons. The Labute approximate surface area is 171 Å². The fraction of sp³-hybridized carbons (Fsp3) is 0.0870. The van der Waals surface area contributed by atoms with Crippen molar-refractivity contribution in [2.45, 2.75) is 0 Å². The molecule has 1 aromatic heterocycles. The van der Waals surface area contributed by atoms with Gasteiger partial charge in [0.2, 0.25) is 0 Å². The monoisotopic (exact) mass is 403 g/mol. The van der Waals surface area contributed by atoms with Crippen molar-refractivity contribution in [3.05, 3.63) is 89.0 Å². The zero-order chi connectivity index (χ0) is 21.1. The van der Waals surface area contributed by atoms with Crippen LogP contribution in [0.4, 0.5) is 10.1 Å². The van der Waals surface area contributed by atoms with E-state index in [0.717, 1.165) is 10.9 Å². The van der Waals surface area contributed by atoms with Crippen molar-refractivity contribution in [1.29, 1.82) is 0 Å². The van der Waals surface area contributed by atoms with Crippen molar-refractivity contribution in [3.63, 3.8) is 0 Å². The molecule has 0 fully saturated rings. The number of nitrogens with zero attached hydrogens (tertiary/aromatic N) is 2. The molecule has 0 unspecified atom stereocenters. The van der Waals surface area contributed by atoms with E-state index in [1.165, 1.54) is 28.9 Å². The number of halogens is 1. The third kappa shape index (κ3) is 4.05. The minimum atomic E-state index is -0.370. The Kier molecular flexibility index (Phi) is 5.26. The summed E-state index contributed by atoms with van der Waals surface area (Å²) >= 11 is 0. The number of aryl methyl sites for hydroxylation is 1. The van der Waals surface area contributed by atoms with Crippen molar-refractivity contribution in [1.82, 2.24) is 9.78 Å². The molecule has 4 rings (SSSR count). The van der Waals surface area contributed by atoms with E-state index in [1.54, 1.807) is 25.2 Å². The Bertz CT molecular complexity index is 1270. The van der Waals surface area contributed by atoms with Gasteiger partial charge >= 0.3 is 0 Å². The zero-order valence-corrected chi connectivity index (χ0v) is 16.1. The topological polar surface area (TPSA) is 73.2 Å². The van der Waals surface area contributed by atoms with E-state index in [2.05, 4.69) is 10.4 Å². The van der Waals surface area contributed by atoms with Crippen LogP contribution >= 0.6 is 0 Å². The van der Waals surface area contributed by atoms with Gasteiger partial charge in [0, 0.05) is 23.7 Å². The maximum absolute atomic E-state index is 12.9. The van der Waals surface area contributed by atoms with Crippen molar-refractivity contribution < 1.29 is 13.9 Å². The van der Waals surface area contributed by atoms with Crippen molar-refractivity contribution >= 4 is 22.4 Å². The van der Waals surface area contributed by atoms with Gasteiger partial charge in [-0.1, -0.05) is 18.2 Å². The van der Waals surface area contributed by atoms with Gasteiger partial charge in [0.1, 0.15) is 11.6 Å². The highest BCUT2D eigenvalue weighted by molar-refractivity contribution is 5.94. The van der Waals surface area contributed by atoms with Gasteiger partial charge < -0.3 is 10.1 Å². The van der Waals surface area contributed by atoms with E-state index in [4.69, 9.17) is 4.74 Å². The number of amides is 1. The van der Waals surface area contributed by atoms with Crippen LogP contribution in [0.1, 0.15) is 0 Å². The molecule has 0 aliphatic heterocycles. The molecular formula is C23H18FN3O3.